The van der Waals surface area contributed by atoms with E-state index in [1.54, 1.807) is 28.6 Å². The highest BCUT2D eigenvalue weighted by Crippen LogP contribution is 2.25. The van der Waals surface area contributed by atoms with E-state index in [1.807, 2.05) is 0 Å². The maximum absolute atomic E-state index is 12.7. The Morgan fingerprint density at radius 1 is 1.08 bits per heavy atom. The highest BCUT2D eigenvalue weighted by molar-refractivity contribution is 7.89. The number of piperazine rings is 1. The van der Waals surface area contributed by atoms with Crippen molar-refractivity contribution in [2.75, 3.05) is 45.8 Å². The molecule has 2 aliphatic heterocycles. The SMILES string of the molecule is Cl.O=S(=O)(c1ccccc1Cl)N1CCN(CC2CCNCC2)CC1. The molecule has 0 aliphatic carbocycles. The van der Waals surface area contributed by atoms with Gasteiger partial charge in [0.05, 0.1) is 5.02 Å². The normalized spacial score (nSPS) is 21.4. The summed E-state index contributed by atoms with van der Waals surface area (Å²) in [5.74, 6) is 0.739. The molecule has 0 bridgehead atoms. The highest BCUT2D eigenvalue weighted by atomic mass is 35.5. The topological polar surface area (TPSA) is 52.7 Å². The summed E-state index contributed by atoms with van der Waals surface area (Å²) in [6.45, 7) is 5.97. The van der Waals surface area contributed by atoms with Crippen molar-refractivity contribution in [3.63, 3.8) is 0 Å². The summed E-state index contributed by atoms with van der Waals surface area (Å²) in [6, 6.07) is 6.67. The zero-order chi connectivity index (χ0) is 16.3. The molecule has 1 aromatic rings. The van der Waals surface area contributed by atoms with E-state index in [9.17, 15) is 8.42 Å². The number of nitrogens with one attached hydrogen (secondary N) is 1. The van der Waals surface area contributed by atoms with Crippen molar-refractivity contribution in [3.8, 4) is 0 Å². The lowest BCUT2D eigenvalue weighted by atomic mass is 9.97. The van der Waals surface area contributed by atoms with Crippen molar-refractivity contribution in [1.82, 2.24) is 14.5 Å². The monoisotopic (exact) mass is 393 g/mol. The minimum Gasteiger partial charge on any atom is -0.317 e. The molecule has 0 aromatic heterocycles. The Bertz CT molecular complexity index is 628. The Labute approximate surface area is 155 Å². The van der Waals surface area contributed by atoms with Crippen molar-refractivity contribution < 1.29 is 8.42 Å². The lowest BCUT2D eigenvalue weighted by molar-refractivity contribution is 0.152. The highest BCUT2D eigenvalue weighted by Gasteiger charge is 2.30. The lowest BCUT2D eigenvalue weighted by Crippen LogP contribution is -2.50. The first-order valence-corrected chi connectivity index (χ1v) is 10.1. The molecule has 24 heavy (non-hydrogen) atoms. The number of rotatable bonds is 4. The molecule has 5 nitrogen and oxygen atoms in total. The largest absolute Gasteiger partial charge is 0.317 e. The number of hydrogen-bond acceptors (Lipinski definition) is 4. The number of sulfonamides is 1. The molecule has 0 spiro atoms. The van der Waals surface area contributed by atoms with Gasteiger partial charge in [0.1, 0.15) is 4.90 Å². The summed E-state index contributed by atoms with van der Waals surface area (Å²) >= 11 is 6.06. The summed E-state index contributed by atoms with van der Waals surface area (Å²) in [4.78, 5) is 2.61. The van der Waals surface area contributed by atoms with E-state index in [0.29, 0.717) is 18.1 Å². The fourth-order valence-corrected chi connectivity index (χ4v) is 5.29. The van der Waals surface area contributed by atoms with Crippen LogP contribution in [0.5, 0.6) is 0 Å². The Balaban J connectivity index is 0.00000208. The minimum atomic E-state index is -3.48. The molecule has 1 N–H and O–H groups in total. The Morgan fingerprint density at radius 2 is 1.71 bits per heavy atom. The van der Waals surface area contributed by atoms with Crippen LogP contribution < -0.4 is 5.32 Å². The van der Waals surface area contributed by atoms with E-state index >= 15 is 0 Å². The second-order valence-corrected chi connectivity index (χ2v) is 8.64. The van der Waals surface area contributed by atoms with Crippen LogP contribution in [0.1, 0.15) is 12.8 Å². The Hall–Kier alpha value is -0.370. The van der Waals surface area contributed by atoms with E-state index in [1.165, 1.54) is 12.8 Å². The Morgan fingerprint density at radius 3 is 2.33 bits per heavy atom. The van der Waals surface area contributed by atoms with Crippen LogP contribution in [0.25, 0.3) is 0 Å². The average Bonchev–Trinajstić information content (AvgIpc) is 2.56. The molecule has 0 atom stereocenters. The summed E-state index contributed by atoms with van der Waals surface area (Å²) in [5, 5.41) is 3.68. The van der Waals surface area contributed by atoms with Crippen LogP contribution in [-0.2, 0) is 10.0 Å². The van der Waals surface area contributed by atoms with Crippen molar-refractivity contribution in [2.24, 2.45) is 5.92 Å². The van der Waals surface area contributed by atoms with E-state index in [4.69, 9.17) is 11.6 Å². The maximum Gasteiger partial charge on any atom is 0.244 e. The van der Waals surface area contributed by atoms with Gasteiger partial charge in [0.25, 0.3) is 0 Å². The molecule has 8 heteroatoms. The van der Waals surface area contributed by atoms with Gasteiger partial charge >= 0.3 is 0 Å². The third-order valence-electron chi connectivity index (χ3n) is 4.76. The summed E-state index contributed by atoms with van der Waals surface area (Å²) in [7, 11) is -3.48. The molecule has 2 aliphatic rings. The second-order valence-electron chi connectivity index (χ2n) is 6.33. The smallest absolute Gasteiger partial charge is 0.244 e. The van der Waals surface area contributed by atoms with E-state index < -0.39 is 10.0 Å². The third-order valence-corrected chi connectivity index (χ3v) is 7.16. The summed E-state index contributed by atoms with van der Waals surface area (Å²) < 4.78 is 27.0. The molecular formula is C16H25Cl2N3O2S. The minimum absolute atomic E-state index is 0. The predicted octanol–water partition coefficient (Wildman–Crippen LogP) is 2.07. The van der Waals surface area contributed by atoms with Crippen LogP contribution in [0.15, 0.2) is 29.2 Å². The molecule has 1 aromatic carbocycles. The van der Waals surface area contributed by atoms with Gasteiger partial charge in [-0.2, -0.15) is 4.31 Å². The molecule has 0 amide bonds. The van der Waals surface area contributed by atoms with Gasteiger partial charge in [0, 0.05) is 32.7 Å². The van der Waals surface area contributed by atoms with Gasteiger partial charge in [0.15, 0.2) is 0 Å². The van der Waals surface area contributed by atoms with Gasteiger partial charge < -0.3 is 10.2 Å². The number of piperidine rings is 1. The van der Waals surface area contributed by atoms with Crippen LogP contribution in [0.2, 0.25) is 5.02 Å². The summed E-state index contributed by atoms with van der Waals surface area (Å²) in [5.41, 5.74) is 0. The van der Waals surface area contributed by atoms with Crippen LogP contribution in [0.3, 0.4) is 0 Å². The fourth-order valence-electron chi connectivity index (χ4n) is 3.37. The van der Waals surface area contributed by atoms with Crippen LogP contribution in [-0.4, -0.2) is 63.4 Å². The van der Waals surface area contributed by atoms with Gasteiger partial charge in [-0.05, 0) is 44.0 Å². The average molecular weight is 394 g/mol. The zero-order valence-corrected chi connectivity index (χ0v) is 16.0. The maximum atomic E-state index is 12.7. The van der Waals surface area contributed by atoms with Crippen LogP contribution >= 0.6 is 24.0 Å². The first kappa shape index (κ1) is 19.9. The van der Waals surface area contributed by atoms with Crippen molar-refractivity contribution in [1.29, 1.82) is 0 Å². The molecule has 136 valence electrons. The van der Waals surface area contributed by atoms with E-state index in [-0.39, 0.29) is 17.3 Å². The Kier molecular flexibility index (Phi) is 7.34. The number of nitrogens with zero attached hydrogens (tertiary/aromatic N) is 2. The molecule has 3 rings (SSSR count). The van der Waals surface area contributed by atoms with Crippen molar-refractivity contribution >= 4 is 34.0 Å². The van der Waals surface area contributed by atoms with Gasteiger partial charge in [0.2, 0.25) is 10.0 Å². The van der Waals surface area contributed by atoms with Gasteiger partial charge in [-0.1, -0.05) is 23.7 Å². The number of halogens is 2. The van der Waals surface area contributed by atoms with Crippen LogP contribution in [0, 0.1) is 5.92 Å². The quantitative estimate of drug-likeness (QED) is 0.850. The molecule has 2 fully saturated rings. The number of benzene rings is 1. The first-order valence-electron chi connectivity index (χ1n) is 8.25. The molecule has 0 unspecified atom stereocenters. The lowest BCUT2D eigenvalue weighted by Gasteiger charge is -2.36. The van der Waals surface area contributed by atoms with Gasteiger partial charge in [-0.15, -0.1) is 12.4 Å². The summed E-state index contributed by atoms with van der Waals surface area (Å²) in [6.07, 6.45) is 2.44. The van der Waals surface area contributed by atoms with Crippen LogP contribution in [0.4, 0.5) is 0 Å². The molecular weight excluding hydrogens is 369 g/mol. The standard InChI is InChI=1S/C16H24ClN3O2S.ClH/c17-15-3-1-2-4-16(15)23(21,22)20-11-9-19(10-12-20)13-14-5-7-18-8-6-14;/h1-4,14,18H,5-13H2;1H. The van der Waals surface area contributed by atoms with Crippen molar-refractivity contribution in [3.05, 3.63) is 29.3 Å². The van der Waals surface area contributed by atoms with E-state index in [2.05, 4.69) is 10.2 Å². The molecule has 2 heterocycles. The van der Waals surface area contributed by atoms with E-state index in [0.717, 1.165) is 38.6 Å². The van der Waals surface area contributed by atoms with Gasteiger partial charge in [-0.25, -0.2) is 8.42 Å². The molecule has 0 saturated carbocycles. The first-order chi connectivity index (χ1) is 11.1. The zero-order valence-electron chi connectivity index (χ0n) is 13.7. The van der Waals surface area contributed by atoms with Crippen molar-refractivity contribution in [2.45, 2.75) is 17.7 Å². The number of hydrogen-bond donors (Lipinski definition) is 1. The predicted molar refractivity (Wildman–Crippen MR) is 99.5 cm³/mol. The third kappa shape index (κ3) is 4.62. The second kappa shape index (κ2) is 8.83. The fraction of sp³-hybridized carbons (Fsp3) is 0.625. The molecule has 0 radical (unpaired) electrons. The molecule has 2 saturated heterocycles. The van der Waals surface area contributed by atoms with Gasteiger partial charge in [-0.3, -0.25) is 0 Å².